The molecule has 0 aromatic heterocycles. The Kier molecular flexibility index (Phi) is 7.39. The van der Waals surface area contributed by atoms with E-state index in [0.717, 1.165) is 30.6 Å². The van der Waals surface area contributed by atoms with Gasteiger partial charge in [0.15, 0.2) is 5.11 Å². The Labute approximate surface area is 130 Å². The molecule has 0 radical (unpaired) electrons. The molecule has 0 unspecified atom stereocenters. The molecule has 1 rings (SSSR count). The van der Waals surface area contributed by atoms with E-state index in [-0.39, 0.29) is 16.9 Å². The van der Waals surface area contributed by atoms with Gasteiger partial charge in [-0.2, -0.15) is 0 Å². The minimum Gasteiger partial charge on any atom is -0.332 e. The molecule has 1 aromatic rings. The van der Waals surface area contributed by atoms with Crippen LogP contribution in [0.15, 0.2) is 24.3 Å². The number of anilines is 2. The maximum atomic E-state index is 11.7. The van der Waals surface area contributed by atoms with Crippen molar-refractivity contribution in [2.75, 3.05) is 10.6 Å². The van der Waals surface area contributed by atoms with Crippen LogP contribution in [-0.2, 0) is 9.59 Å². The first kappa shape index (κ1) is 17.1. The second-order valence-electron chi connectivity index (χ2n) is 4.72. The highest BCUT2D eigenvalue weighted by atomic mass is 32.1. The SMILES string of the molecule is CCCCCC(=O)Nc1ccc(NC(=S)NC(C)=O)cc1. The van der Waals surface area contributed by atoms with Crippen molar-refractivity contribution in [3.05, 3.63) is 24.3 Å². The summed E-state index contributed by atoms with van der Waals surface area (Å²) < 4.78 is 0. The van der Waals surface area contributed by atoms with Crippen molar-refractivity contribution in [3.8, 4) is 0 Å². The molecule has 0 heterocycles. The molecule has 21 heavy (non-hydrogen) atoms. The lowest BCUT2D eigenvalue weighted by Gasteiger charge is -2.09. The van der Waals surface area contributed by atoms with Crippen LogP contribution in [-0.4, -0.2) is 16.9 Å². The van der Waals surface area contributed by atoms with E-state index < -0.39 is 0 Å². The maximum Gasteiger partial charge on any atom is 0.224 e. The van der Waals surface area contributed by atoms with Crippen LogP contribution in [0.25, 0.3) is 0 Å². The fourth-order valence-electron chi connectivity index (χ4n) is 1.72. The lowest BCUT2D eigenvalue weighted by atomic mass is 10.2. The number of rotatable bonds is 6. The highest BCUT2D eigenvalue weighted by Gasteiger charge is 2.03. The van der Waals surface area contributed by atoms with Crippen LogP contribution in [0.4, 0.5) is 11.4 Å². The van der Waals surface area contributed by atoms with Crippen LogP contribution in [0.1, 0.15) is 39.5 Å². The summed E-state index contributed by atoms with van der Waals surface area (Å²) in [4.78, 5) is 22.5. The zero-order chi connectivity index (χ0) is 15.7. The number of thiocarbonyl (C=S) groups is 1. The summed E-state index contributed by atoms with van der Waals surface area (Å²) in [6.45, 7) is 3.50. The van der Waals surface area contributed by atoms with E-state index in [9.17, 15) is 9.59 Å². The second kappa shape index (κ2) is 9.07. The highest BCUT2D eigenvalue weighted by Crippen LogP contribution is 2.14. The molecule has 3 N–H and O–H groups in total. The number of unbranched alkanes of at least 4 members (excludes halogenated alkanes) is 2. The number of nitrogens with one attached hydrogen (secondary N) is 3. The predicted octanol–water partition coefficient (Wildman–Crippen LogP) is 3.04. The highest BCUT2D eigenvalue weighted by molar-refractivity contribution is 7.80. The van der Waals surface area contributed by atoms with Crippen molar-refractivity contribution in [3.63, 3.8) is 0 Å². The van der Waals surface area contributed by atoms with Gasteiger partial charge in [-0.1, -0.05) is 19.8 Å². The zero-order valence-electron chi connectivity index (χ0n) is 12.4. The van der Waals surface area contributed by atoms with Crippen LogP contribution in [0.5, 0.6) is 0 Å². The third kappa shape index (κ3) is 7.41. The van der Waals surface area contributed by atoms with Crippen LogP contribution >= 0.6 is 12.2 Å². The lowest BCUT2D eigenvalue weighted by molar-refractivity contribution is -0.118. The third-order valence-electron chi connectivity index (χ3n) is 2.72. The number of hydrogen-bond donors (Lipinski definition) is 3. The van der Waals surface area contributed by atoms with Gasteiger partial charge in [-0.25, -0.2) is 0 Å². The topological polar surface area (TPSA) is 70.2 Å². The van der Waals surface area contributed by atoms with Gasteiger partial charge in [0.25, 0.3) is 0 Å². The smallest absolute Gasteiger partial charge is 0.224 e. The van der Waals surface area contributed by atoms with E-state index in [2.05, 4.69) is 22.9 Å². The van der Waals surface area contributed by atoms with Crippen molar-refractivity contribution >= 4 is 40.5 Å². The fraction of sp³-hybridized carbons (Fsp3) is 0.400. The molecular weight excluding hydrogens is 286 g/mol. The normalized spacial score (nSPS) is 9.81. The standard InChI is InChI=1S/C15H21N3O2S/c1-3-4-5-6-14(20)17-12-7-9-13(10-8-12)18-15(21)16-11(2)19/h7-10H,3-6H2,1-2H3,(H,17,20)(H2,16,18,19,21). The van der Waals surface area contributed by atoms with Crippen molar-refractivity contribution < 1.29 is 9.59 Å². The molecule has 2 amide bonds. The monoisotopic (exact) mass is 307 g/mol. The minimum atomic E-state index is -0.219. The maximum absolute atomic E-state index is 11.7. The number of amides is 2. The summed E-state index contributed by atoms with van der Waals surface area (Å²) in [5, 5.41) is 8.45. The van der Waals surface area contributed by atoms with Gasteiger partial charge in [0.1, 0.15) is 0 Å². The van der Waals surface area contributed by atoms with E-state index in [0.29, 0.717) is 6.42 Å². The third-order valence-corrected chi connectivity index (χ3v) is 2.93. The van der Waals surface area contributed by atoms with Crippen molar-refractivity contribution in [1.29, 1.82) is 0 Å². The molecule has 6 heteroatoms. The van der Waals surface area contributed by atoms with E-state index in [4.69, 9.17) is 12.2 Å². The molecule has 0 atom stereocenters. The van der Waals surface area contributed by atoms with Crippen LogP contribution < -0.4 is 16.0 Å². The van der Waals surface area contributed by atoms with E-state index in [1.54, 1.807) is 24.3 Å². The Bertz CT molecular complexity index is 500. The molecule has 0 saturated heterocycles. The first-order valence-electron chi connectivity index (χ1n) is 6.99. The minimum absolute atomic E-state index is 0.0259. The summed E-state index contributed by atoms with van der Waals surface area (Å²) in [5.74, 6) is -0.193. The largest absolute Gasteiger partial charge is 0.332 e. The molecule has 1 aromatic carbocycles. The fourth-order valence-corrected chi connectivity index (χ4v) is 1.98. The molecule has 0 bridgehead atoms. The molecule has 0 aliphatic carbocycles. The van der Waals surface area contributed by atoms with Crippen LogP contribution in [0, 0.1) is 0 Å². The summed E-state index contributed by atoms with van der Waals surface area (Å²) in [6.07, 6.45) is 3.62. The van der Waals surface area contributed by atoms with Gasteiger partial charge < -0.3 is 16.0 Å². The van der Waals surface area contributed by atoms with Crippen LogP contribution in [0.2, 0.25) is 0 Å². The van der Waals surface area contributed by atoms with Crippen molar-refractivity contribution in [1.82, 2.24) is 5.32 Å². The summed E-state index contributed by atoms with van der Waals surface area (Å²) in [5.41, 5.74) is 1.49. The second-order valence-corrected chi connectivity index (χ2v) is 5.13. The zero-order valence-corrected chi connectivity index (χ0v) is 13.2. The molecule has 0 aliphatic heterocycles. The Hall–Kier alpha value is -1.95. The molecule has 5 nitrogen and oxygen atoms in total. The van der Waals surface area contributed by atoms with Gasteiger partial charge in [0, 0.05) is 24.7 Å². The Morgan fingerprint density at radius 3 is 2.14 bits per heavy atom. The Balaban J connectivity index is 2.44. The average molecular weight is 307 g/mol. The molecule has 0 saturated carbocycles. The Morgan fingerprint density at radius 1 is 1.05 bits per heavy atom. The van der Waals surface area contributed by atoms with Crippen molar-refractivity contribution in [2.24, 2.45) is 0 Å². The predicted molar refractivity (Wildman–Crippen MR) is 89.3 cm³/mol. The first-order chi connectivity index (χ1) is 10.0. The quantitative estimate of drug-likeness (QED) is 0.558. The van der Waals surface area contributed by atoms with Gasteiger partial charge in [-0.15, -0.1) is 0 Å². The number of carbonyl (C=O) groups excluding carboxylic acids is 2. The molecule has 0 fully saturated rings. The lowest BCUT2D eigenvalue weighted by Crippen LogP contribution is -2.32. The molecule has 114 valence electrons. The molecular formula is C15H21N3O2S. The number of hydrogen-bond acceptors (Lipinski definition) is 3. The van der Waals surface area contributed by atoms with E-state index in [1.807, 2.05) is 0 Å². The van der Waals surface area contributed by atoms with E-state index >= 15 is 0 Å². The van der Waals surface area contributed by atoms with Gasteiger partial charge >= 0.3 is 0 Å². The first-order valence-corrected chi connectivity index (χ1v) is 7.40. The average Bonchev–Trinajstić information content (AvgIpc) is 2.40. The van der Waals surface area contributed by atoms with Crippen LogP contribution in [0.3, 0.4) is 0 Å². The van der Waals surface area contributed by atoms with Gasteiger partial charge in [-0.05, 0) is 42.9 Å². The summed E-state index contributed by atoms with van der Waals surface area (Å²) in [7, 11) is 0. The van der Waals surface area contributed by atoms with Crippen molar-refractivity contribution in [2.45, 2.75) is 39.5 Å². The summed E-state index contributed by atoms with van der Waals surface area (Å²) >= 11 is 4.96. The molecule has 0 aliphatic rings. The number of benzene rings is 1. The number of carbonyl (C=O) groups is 2. The summed E-state index contributed by atoms with van der Waals surface area (Å²) in [6, 6.07) is 7.15. The Morgan fingerprint density at radius 2 is 1.62 bits per heavy atom. The van der Waals surface area contributed by atoms with Gasteiger partial charge in [-0.3, -0.25) is 9.59 Å². The van der Waals surface area contributed by atoms with Gasteiger partial charge in [0.05, 0.1) is 0 Å². The molecule has 0 spiro atoms. The van der Waals surface area contributed by atoms with Gasteiger partial charge in [0.2, 0.25) is 11.8 Å². The van der Waals surface area contributed by atoms with E-state index in [1.165, 1.54) is 6.92 Å².